The quantitative estimate of drug-likeness (QED) is 0.530. The zero-order valence-corrected chi connectivity index (χ0v) is 20.4. The number of halogens is 1. The summed E-state index contributed by atoms with van der Waals surface area (Å²) in [5.74, 6) is 1.26. The second kappa shape index (κ2) is 9.32. The van der Waals surface area contributed by atoms with Crippen LogP contribution in [0.4, 0.5) is 0 Å². The van der Waals surface area contributed by atoms with Gasteiger partial charge in [-0.2, -0.15) is 0 Å². The van der Waals surface area contributed by atoms with Crippen molar-refractivity contribution in [1.82, 2.24) is 24.7 Å². The van der Waals surface area contributed by atoms with Gasteiger partial charge in [0.2, 0.25) is 0 Å². The molecule has 1 aliphatic heterocycles. The molecule has 0 aromatic carbocycles. The number of aromatic nitrogens is 5. The summed E-state index contributed by atoms with van der Waals surface area (Å²) in [7, 11) is -3.67. The summed E-state index contributed by atoms with van der Waals surface area (Å²) in [6.45, 7) is 7.36. The van der Waals surface area contributed by atoms with Crippen molar-refractivity contribution in [3.63, 3.8) is 0 Å². The number of hydrogen-bond donors (Lipinski definition) is 0. The molecule has 176 valence electrons. The van der Waals surface area contributed by atoms with E-state index in [0.29, 0.717) is 10.8 Å². The topological polar surface area (TPSA) is 109 Å². The maximum atomic E-state index is 13.5. The Morgan fingerprint density at radius 1 is 1.16 bits per heavy atom. The van der Waals surface area contributed by atoms with Gasteiger partial charge in [0.1, 0.15) is 23.8 Å². The molecule has 0 spiro atoms. The lowest BCUT2D eigenvalue weighted by molar-refractivity contribution is 0.00142. The minimum Gasteiger partial charge on any atom is -0.367 e. The van der Waals surface area contributed by atoms with Crippen LogP contribution in [-0.4, -0.2) is 50.6 Å². The molecule has 0 radical (unpaired) electrons. The maximum absolute atomic E-state index is 13.5. The first-order valence-electron chi connectivity index (χ1n) is 11.1. The molecule has 1 saturated carbocycles. The van der Waals surface area contributed by atoms with E-state index in [1.54, 1.807) is 6.92 Å². The molecule has 3 heterocycles. The molecule has 2 fully saturated rings. The Kier molecular flexibility index (Phi) is 6.86. The average molecular weight is 484 g/mol. The highest BCUT2D eigenvalue weighted by atomic mass is 35.5. The van der Waals surface area contributed by atoms with Gasteiger partial charge in [-0.15, -0.1) is 10.2 Å². The molecule has 0 unspecified atom stereocenters. The van der Waals surface area contributed by atoms with Gasteiger partial charge in [-0.3, -0.25) is 0 Å². The predicted molar refractivity (Wildman–Crippen MR) is 119 cm³/mol. The largest absolute Gasteiger partial charge is 0.367 e. The van der Waals surface area contributed by atoms with Crippen molar-refractivity contribution < 1.29 is 17.9 Å². The third kappa shape index (κ3) is 5.13. The monoisotopic (exact) mass is 483 g/mol. The fourth-order valence-corrected chi connectivity index (χ4v) is 5.50. The third-order valence-electron chi connectivity index (χ3n) is 5.86. The van der Waals surface area contributed by atoms with Crippen molar-refractivity contribution in [3.8, 4) is 0 Å². The average Bonchev–Trinajstić information content (AvgIpc) is 3.35. The fourth-order valence-electron chi connectivity index (χ4n) is 4.02. The number of rotatable bonds is 9. The molecule has 0 N–H and O–H groups in total. The van der Waals surface area contributed by atoms with Crippen LogP contribution in [0.2, 0.25) is 5.02 Å². The molecule has 0 amide bonds. The molecule has 32 heavy (non-hydrogen) atoms. The van der Waals surface area contributed by atoms with Gasteiger partial charge in [-0.25, -0.2) is 18.4 Å². The van der Waals surface area contributed by atoms with Crippen molar-refractivity contribution >= 4 is 21.4 Å². The molecule has 4 rings (SSSR count). The van der Waals surface area contributed by atoms with E-state index in [1.807, 2.05) is 25.3 Å². The van der Waals surface area contributed by atoms with Gasteiger partial charge in [-0.05, 0) is 53.4 Å². The molecule has 9 nitrogen and oxygen atoms in total. The van der Waals surface area contributed by atoms with E-state index in [2.05, 4.69) is 20.2 Å². The summed E-state index contributed by atoms with van der Waals surface area (Å²) < 4.78 is 40.9. The minimum atomic E-state index is -3.67. The molecule has 0 bridgehead atoms. The Labute approximate surface area is 193 Å². The van der Waals surface area contributed by atoms with Crippen molar-refractivity contribution in [2.45, 2.75) is 94.8 Å². The van der Waals surface area contributed by atoms with E-state index < -0.39 is 21.2 Å². The van der Waals surface area contributed by atoms with Crippen molar-refractivity contribution in [1.29, 1.82) is 0 Å². The second-order valence-electron chi connectivity index (χ2n) is 8.97. The van der Waals surface area contributed by atoms with Crippen molar-refractivity contribution in [2.24, 2.45) is 0 Å². The fraction of sp³-hybridized carbons (Fsp3) is 0.714. The first-order chi connectivity index (χ1) is 15.2. The number of ether oxygens (including phenoxy) is 2. The van der Waals surface area contributed by atoms with Crippen LogP contribution >= 0.6 is 11.6 Å². The SMILES string of the molecule is CC(C)O[C@@H](c1ncc(Cl)cn1)[C@H](C)S(=O)(=O)Cc1nnc([C@H]2CC[C@@H](C)O2)n1C1CC1. The van der Waals surface area contributed by atoms with E-state index in [4.69, 9.17) is 21.1 Å². The zero-order chi connectivity index (χ0) is 23.0. The van der Waals surface area contributed by atoms with Crippen LogP contribution in [0.5, 0.6) is 0 Å². The Bertz CT molecular complexity index is 1040. The first kappa shape index (κ1) is 23.5. The maximum Gasteiger partial charge on any atom is 0.163 e. The Morgan fingerprint density at radius 3 is 2.41 bits per heavy atom. The van der Waals surface area contributed by atoms with Crippen LogP contribution in [0, 0.1) is 0 Å². The molecular formula is C21H30ClN5O4S. The van der Waals surface area contributed by atoms with Crippen LogP contribution < -0.4 is 0 Å². The Morgan fingerprint density at radius 2 is 1.84 bits per heavy atom. The molecule has 1 aliphatic carbocycles. The van der Waals surface area contributed by atoms with Gasteiger partial charge in [0.25, 0.3) is 0 Å². The normalized spacial score (nSPS) is 23.6. The third-order valence-corrected chi connectivity index (χ3v) is 8.10. The van der Waals surface area contributed by atoms with Crippen LogP contribution in [0.15, 0.2) is 12.4 Å². The first-order valence-corrected chi connectivity index (χ1v) is 13.2. The number of hydrogen-bond acceptors (Lipinski definition) is 8. The van der Waals surface area contributed by atoms with Crippen molar-refractivity contribution in [3.05, 3.63) is 34.9 Å². The molecule has 2 aromatic rings. The van der Waals surface area contributed by atoms with Gasteiger partial charge in [0, 0.05) is 18.4 Å². The highest BCUT2D eigenvalue weighted by Crippen LogP contribution is 2.41. The van der Waals surface area contributed by atoms with E-state index in [-0.39, 0.29) is 35.9 Å². The van der Waals surface area contributed by atoms with E-state index >= 15 is 0 Å². The summed E-state index contributed by atoms with van der Waals surface area (Å²) >= 11 is 5.90. The van der Waals surface area contributed by atoms with E-state index in [0.717, 1.165) is 31.5 Å². The summed E-state index contributed by atoms with van der Waals surface area (Å²) in [5, 5.41) is 8.12. The Balaban J connectivity index is 1.60. The lowest BCUT2D eigenvalue weighted by atomic mass is 10.2. The van der Waals surface area contributed by atoms with E-state index in [1.165, 1.54) is 12.4 Å². The van der Waals surface area contributed by atoms with Gasteiger partial charge in [0.15, 0.2) is 21.5 Å². The molecule has 1 saturated heterocycles. The Hall–Kier alpha value is -1.62. The molecule has 2 aliphatic rings. The molecule has 11 heteroatoms. The van der Waals surface area contributed by atoms with E-state index in [9.17, 15) is 8.42 Å². The highest BCUT2D eigenvalue weighted by molar-refractivity contribution is 7.91. The molecule has 2 aromatic heterocycles. The summed E-state index contributed by atoms with van der Waals surface area (Å²) in [4.78, 5) is 8.42. The lowest BCUT2D eigenvalue weighted by Gasteiger charge is -2.25. The zero-order valence-electron chi connectivity index (χ0n) is 18.8. The highest BCUT2D eigenvalue weighted by Gasteiger charge is 2.39. The lowest BCUT2D eigenvalue weighted by Crippen LogP contribution is -2.32. The minimum absolute atomic E-state index is 0.133. The van der Waals surface area contributed by atoms with Gasteiger partial charge < -0.3 is 14.0 Å². The smallest absolute Gasteiger partial charge is 0.163 e. The summed E-state index contributed by atoms with van der Waals surface area (Å²) in [6, 6.07) is 0.238. The summed E-state index contributed by atoms with van der Waals surface area (Å²) in [5.41, 5.74) is 0. The van der Waals surface area contributed by atoms with Crippen LogP contribution in [0.3, 0.4) is 0 Å². The molecule has 4 atom stereocenters. The van der Waals surface area contributed by atoms with Crippen LogP contribution in [0.1, 0.15) is 89.1 Å². The predicted octanol–water partition coefficient (Wildman–Crippen LogP) is 3.77. The number of nitrogens with zero attached hydrogens (tertiary/aromatic N) is 5. The van der Waals surface area contributed by atoms with Crippen LogP contribution in [-0.2, 0) is 25.1 Å². The summed E-state index contributed by atoms with van der Waals surface area (Å²) in [6.07, 6.45) is 5.71. The molecular weight excluding hydrogens is 454 g/mol. The van der Waals surface area contributed by atoms with Gasteiger partial charge >= 0.3 is 0 Å². The second-order valence-corrected chi connectivity index (χ2v) is 11.8. The van der Waals surface area contributed by atoms with Gasteiger partial charge in [-0.1, -0.05) is 11.6 Å². The van der Waals surface area contributed by atoms with Crippen LogP contribution in [0.25, 0.3) is 0 Å². The number of sulfone groups is 1. The standard InChI is InChI=1S/C21H30ClN5O4S/c1-12(2)30-19(20-23-9-15(22)10-24-20)14(4)32(28,29)11-18-25-26-21(27(18)16-6-7-16)17-8-5-13(3)31-17/h9-10,12-14,16-17,19H,5-8,11H2,1-4H3/t13-,14+,17-,19-/m1/s1. The van der Waals surface area contributed by atoms with Crippen molar-refractivity contribution in [2.75, 3.05) is 0 Å². The van der Waals surface area contributed by atoms with Gasteiger partial charge in [0.05, 0.1) is 22.5 Å².